The third-order valence-electron chi connectivity index (χ3n) is 3.72. The lowest BCUT2D eigenvalue weighted by Gasteiger charge is -2.23. The molecule has 0 radical (unpaired) electrons. The van der Waals surface area contributed by atoms with E-state index in [2.05, 4.69) is 25.6 Å². The third-order valence-corrected chi connectivity index (χ3v) is 3.72. The third kappa shape index (κ3) is 3.58. The van der Waals surface area contributed by atoms with Crippen molar-refractivity contribution in [2.75, 3.05) is 18.4 Å². The molecule has 2 aromatic heterocycles. The first-order valence-corrected chi connectivity index (χ1v) is 7.33. The highest BCUT2D eigenvalue weighted by molar-refractivity contribution is 5.48. The zero-order chi connectivity index (χ0) is 16.3. The molecule has 1 atom stereocenters. The Bertz CT molecular complexity index is 660. The molecule has 0 bridgehead atoms. The summed E-state index contributed by atoms with van der Waals surface area (Å²) in [4.78, 5) is 12.1. The van der Waals surface area contributed by atoms with Gasteiger partial charge in [-0.25, -0.2) is 9.97 Å². The minimum atomic E-state index is -4.48. The van der Waals surface area contributed by atoms with Crippen LogP contribution in [0, 0.1) is 0 Å². The predicted octanol–water partition coefficient (Wildman–Crippen LogP) is 2.28. The number of rotatable bonds is 3. The number of hydrogen-bond donors (Lipinski definition) is 2. The van der Waals surface area contributed by atoms with Gasteiger partial charge in [-0.05, 0) is 25.1 Å². The lowest BCUT2D eigenvalue weighted by atomic mass is 10.1. The van der Waals surface area contributed by atoms with E-state index in [1.165, 1.54) is 24.7 Å². The summed E-state index contributed by atoms with van der Waals surface area (Å²) in [5, 5.41) is 5.73. The largest absolute Gasteiger partial charge is 0.414 e. The summed E-state index contributed by atoms with van der Waals surface area (Å²) in [6, 6.07) is 2.57. The summed E-state index contributed by atoms with van der Waals surface area (Å²) in [7, 11) is 0. The molecule has 0 spiro atoms. The minimum absolute atomic E-state index is 0.0842. The maximum atomic E-state index is 13.4. The highest BCUT2D eigenvalue weighted by atomic mass is 19.4. The number of fused-ring (bicyclic) bond motifs is 1. The van der Waals surface area contributed by atoms with Gasteiger partial charge in [-0.15, -0.1) is 0 Å². The van der Waals surface area contributed by atoms with Gasteiger partial charge in [0.2, 0.25) is 0 Å². The zero-order valence-electron chi connectivity index (χ0n) is 12.3. The monoisotopic (exact) mass is 323 g/mol. The number of nitrogens with one attached hydrogen (secondary N) is 2. The Morgan fingerprint density at radius 2 is 1.91 bits per heavy atom. The Labute approximate surface area is 131 Å². The average molecular weight is 323 g/mol. The van der Waals surface area contributed by atoms with Gasteiger partial charge in [0.15, 0.2) is 6.04 Å². The van der Waals surface area contributed by atoms with Crippen molar-refractivity contribution in [3.05, 3.63) is 47.7 Å². The molecule has 0 saturated carbocycles. The van der Waals surface area contributed by atoms with Crippen molar-refractivity contribution >= 4 is 5.82 Å². The number of aromatic nitrogens is 3. The normalized spacial score (nSPS) is 16.3. The van der Waals surface area contributed by atoms with Gasteiger partial charge in [0.05, 0.1) is 11.4 Å². The van der Waals surface area contributed by atoms with Gasteiger partial charge in [-0.2, -0.15) is 13.2 Å². The molecule has 0 fully saturated rings. The maximum Gasteiger partial charge on any atom is 0.414 e. The van der Waals surface area contributed by atoms with E-state index < -0.39 is 12.2 Å². The zero-order valence-corrected chi connectivity index (χ0v) is 12.3. The first kappa shape index (κ1) is 15.7. The summed E-state index contributed by atoms with van der Waals surface area (Å²) in [5.74, 6) is 0.228. The van der Waals surface area contributed by atoms with E-state index in [1.54, 1.807) is 6.07 Å². The Balaban J connectivity index is 1.95. The minimum Gasteiger partial charge on any atom is -0.353 e. The Morgan fingerprint density at radius 1 is 1.09 bits per heavy atom. The standard InChI is InChI=1S/C15H16F3N5/c16-15(17,18)13(12-3-1-2-6-20-12)23-14-10-4-7-19-8-5-11(10)21-9-22-14/h1-3,6,9,13,19H,4-5,7-8H2,(H,21,22,23)/t13-/m0/s1. The second-order valence-electron chi connectivity index (χ2n) is 5.27. The number of alkyl halides is 3. The van der Waals surface area contributed by atoms with E-state index in [-0.39, 0.29) is 11.5 Å². The first-order valence-electron chi connectivity index (χ1n) is 7.33. The van der Waals surface area contributed by atoms with Crippen LogP contribution >= 0.6 is 0 Å². The maximum absolute atomic E-state index is 13.4. The van der Waals surface area contributed by atoms with Crippen LogP contribution in [0.2, 0.25) is 0 Å². The molecular weight excluding hydrogens is 307 g/mol. The van der Waals surface area contributed by atoms with Crippen LogP contribution < -0.4 is 10.6 Å². The molecule has 8 heteroatoms. The van der Waals surface area contributed by atoms with Gasteiger partial charge >= 0.3 is 6.18 Å². The van der Waals surface area contributed by atoms with Crippen molar-refractivity contribution in [2.45, 2.75) is 25.1 Å². The smallest absolute Gasteiger partial charge is 0.353 e. The van der Waals surface area contributed by atoms with Crippen LogP contribution in [0.5, 0.6) is 0 Å². The van der Waals surface area contributed by atoms with Gasteiger partial charge < -0.3 is 10.6 Å². The van der Waals surface area contributed by atoms with Crippen molar-refractivity contribution in [2.24, 2.45) is 0 Å². The lowest BCUT2D eigenvalue weighted by Crippen LogP contribution is -2.29. The van der Waals surface area contributed by atoms with E-state index in [9.17, 15) is 13.2 Å². The van der Waals surface area contributed by atoms with Crippen molar-refractivity contribution < 1.29 is 13.2 Å². The molecule has 122 valence electrons. The van der Waals surface area contributed by atoms with Crippen LogP contribution in [-0.4, -0.2) is 34.2 Å². The molecule has 3 rings (SSSR count). The number of nitrogens with zero attached hydrogens (tertiary/aromatic N) is 3. The van der Waals surface area contributed by atoms with Crippen molar-refractivity contribution in [1.29, 1.82) is 0 Å². The first-order chi connectivity index (χ1) is 11.1. The quantitative estimate of drug-likeness (QED) is 0.907. The number of pyridine rings is 1. The molecule has 5 nitrogen and oxygen atoms in total. The van der Waals surface area contributed by atoms with Gasteiger partial charge in [-0.3, -0.25) is 4.98 Å². The van der Waals surface area contributed by atoms with E-state index in [4.69, 9.17) is 0 Å². The van der Waals surface area contributed by atoms with Gasteiger partial charge in [0, 0.05) is 24.7 Å². The fraction of sp³-hybridized carbons (Fsp3) is 0.400. The summed E-state index contributed by atoms with van der Waals surface area (Å²) >= 11 is 0. The van der Waals surface area contributed by atoms with Crippen LogP contribution in [-0.2, 0) is 12.8 Å². The molecule has 0 aliphatic carbocycles. The van der Waals surface area contributed by atoms with Crippen molar-refractivity contribution in [3.63, 3.8) is 0 Å². The van der Waals surface area contributed by atoms with Crippen LogP contribution in [0.15, 0.2) is 30.7 Å². The summed E-state index contributed by atoms with van der Waals surface area (Å²) in [6.07, 6.45) is -0.564. The summed E-state index contributed by atoms with van der Waals surface area (Å²) in [5.41, 5.74) is 1.44. The van der Waals surface area contributed by atoms with E-state index in [0.717, 1.165) is 17.8 Å². The topological polar surface area (TPSA) is 62.7 Å². The second-order valence-corrected chi connectivity index (χ2v) is 5.27. The Kier molecular flexibility index (Phi) is 4.42. The Morgan fingerprint density at radius 3 is 2.65 bits per heavy atom. The highest BCUT2D eigenvalue weighted by Crippen LogP contribution is 2.35. The molecule has 1 aliphatic heterocycles. The lowest BCUT2D eigenvalue weighted by molar-refractivity contribution is -0.144. The number of anilines is 1. The molecule has 2 N–H and O–H groups in total. The van der Waals surface area contributed by atoms with Crippen LogP contribution in [0.1, 0.15) is 23.0 Å². The van der Waals surface area contributed by atoms with Crippen molar-refractivity contribution in [3.8, 4) is 0 Å². The van der Waals surface area contributed by atoms with Crippen molar-refractivity contribution in [1.82, 2.24) is 20.3 Å². The molecule has 0 unspecified atom stereocenters. The fourth-order valence-electron chi connectivity index (χ4n) is 2.60. The van der Waals surface area contributed by atoms with Crippen LogP contribution in [0.4, 0.5) is 19.0 Å². The number of hydrogen-bond acceptors (Lipinski definition) is 5. The van der Waals surface area contributed by atoms with Gasteiger partial charge in [0.25, 0.3) is 0 Å². The summed E-state index contributed by atoms with van der Waals surface area (Å²) < 4.78 is 40.3. The van der Waals surface area contributed by atoms with Crippen LogP contribution in [0.25, 0.3) is 0 Å². The van der Waals surface area contributed by atoms with E-state index in [0.29, 0.717) is 19.4 Å². The average Bonchev–Trinajstić information content (AvgIpc) is 2.78. The molecule has 0 amide bonds. The molecule has 2 aromatic rings. The fourth-order valence-corrected chi connectivity index (χ4v) is 2.60. The molecular formula is C15H16F3N5. The van der Waals surface area contributed by atoms with Gasteiger partial charge in [0.1, 0.15) is 12.1 Å². The SMILES string of the molecule is FC(F)(F)[C@@H](Nc1ncnc2c1CCNCC2)c1ccccn1. The molecule has 1 aliphatic rings. The second kappa shape index (κ2) is 6.49. The Hall–Kier alpha value is -2.22. The molecule has 23 heavy (non-hydrogen) atoms. The summed E-state index contributed by atoms with van der Waals surface area (Å²) in [6.45, 7) is 1.45. The number of halogens is 3. The predicted molar refractivity (Wildman–Crippen MR) is 79.0 cm³/mol. The van der Waals surface area contributed by atoms with E-state index in [1.807, 2.05) is 0 Å². The highest BCUT2D eigenvalue weighted by Gasteiger charge is 2.42. The van der Waals surface area contributed by atoms with E-state index >= 15 is 0 Å². The van der Waals surface area contributed by atoms with Crippen LogP contribution in [0.3, 0.4) is 0 Å². The molecule has 0 saturated heterocycles. The molecule has 3 heterocycles. The van der Waals surface area contributed by atoms with Gasteiger partial charge in [-0.1, -0.05) is 6.07 Å². The molecule has 0 aromatic carbocycles.